The van der Waals surface area contributed by atoms with Crippen molar-refractivity contribution in [3.05, 3.63) is 30.1 Å². The second-order valence-corrected chi connectivity index (χ2v) is 7.17. The van der Waals surface area contributed by atoms with Crippen molar-refractivity contribution < 1.29 is 0 Å². The molecular formula is C17H25N. The van der Waals surface area contributed by atoms with Gasteiger partial charge in [-0.2, -0.15) is 0 Å². The van der Waals surface area contributed by atoms with Crippen LogP contribution in [0, 0.1) is 22.7 Å². The van der Waals surface area contributed by atoms with Crippen LogP contribution in [0.5, 0.6) is 0 Å². The summed E-state index contributed by atoms with van der Waals surface area (Å²) in [6.07, 6.45) is 8.76. The number of pyridine rings is 1. The van der Waals surface area contributed by atoms with E-state index in [4.69, 9.17) is 0 Å². The molecule has 0 aromatic carbocycles. The van der Waals surface area contributed by atoms with Crippen LogP contribution in [-0.4, -0.2) is 4.98 Å². The molecule has 0 amide bonds. The summed E-state index contributed by atoms with van der Waals surface area (Å²) < 4.78 is 0. The maximum atomic E-state index is 4.46. The third-order valence-corrected chi connectivity index (χ3v) is 6.45. The minimum atomic E-state index is 0.557. The summed E-state index contributed by atoms with van der Waals surface area (Å²) >= 11 is 0. The molecule has 1 heteroatoms. The third-order valence-electron chi connectivity index (χ3n) is 6.45. The van der Waals surface area contributed by atoms with Gasteiger partial charge >= 0.3 is 0 Å². The second-order valence-electron chi connectivity index (χ2n) is 7.17. The van der Waals surface area contributed by atoms with Crippen LogP contribution in [0.2, 0.25) is 0 Å². The number of aryl methyl sites for hydroxylation is 1. The molecule has 3 atom stereocenters. The zero-order valence-electron chi connectivity index (χ0n) is 11.9. The molecule has 0 saturated heterocycles. The lowest BCUT2D eigenvalue weighted by atomic mass is 9.65. The van der Waals surface area contributed by atoms with Crippen molar-refractivity contribution in [2.75, 3.05) is 0 Å². The maximum absolute atomic E-state index is 4.46. The van der Waals surface area contributed by atoms with Gasteiger partial charge in [-0.05, 0) is 66.9 Å². The molecule has 98 valence electrons. The molecule has 0 N–H and O–H groups in total. The summed E-state index contributed by atoms with van der Waals surface area (Å²) in [5, 5.41) is 0. The first-order valence-corrected chi connectivity index (χ1v) is 7.44. The highest BCUT2D eigenvalue weighted by atomic mass is 14.7. The summed E-state index contributed by atoms with van der Waals surface area (Å²) in [7, 11) is 0. The van der Waals surface area contributed by atoms with Crippen LogP contribution in [0.4, 0.5) is 0 Å². The fourth-order valence-electron chi connectivity index (χ4n) is 4.67. The first-order valence-electron chi connectivity index (χ1n) is 7.44. The average Bonchev–Trinajstić information content (AvgIpc) is 2.70. The molecule has 0 aliphatic heterocycles. The summed E-state index contributed by atoms with van der Waals surface area (Å²) in [6.45, 7) is 7.56. The molecule has 3 rings (SSSR count). The predicted molar refractivity (Wildman–Crippen MR) is 75.3 cm³/mol. The number of fused-ring (bicyclic) bond motifs is 2. The molecule has 1 aromatic heterocycles. The topological polar surface area (TPSA) is 12.9 Å². The van der Waals surface area contributed by atoms with Gasteiger partial charge in [0.15, 0.2) is 0 Å². The molecule has 18 heavy (non-hydrogen) atoms. The standard InChI is InChI=1S/C17H25N/c1-16(2)13-9-10-17(16,3)14(12-13)7-8-15-6-4-5-11-18-15/h4-6,11,13-14H,7-10,12H2,1-3H3/t13-,14+,17?/m1/s1. The van der Waals surface area contributed by atoms with Crippen molar-refractivity contribution in [3.8, 4) is 0 Å². The normalized spacial score (nSPS) is 37.1. The van der Waals surface area contributed by atoms with E-state index in [1.54, 1.807) is 0 Å². The number of rotatable bonds is 3. The van der Waals surface area contributed by atoms with E-state index in [0.29, 0.717) is 10.8 Å². The number of nitrogens with zero attached hydrogens (tertiary/aromatic N) is 1. The minimum Gasteiger partial charge on any atom is -0.261 e. The van der Waals surface area contributed by atoms with E-state index in [9.17, 15) is 0 Å². The molecule has 0 spiro atoms. The van der Waals surface area contributed by atoms with E-state index >= 15 is 0 Å². The minimum absolute atomic E-state index is 0.557. The Balaban J connectivity index is 1.69. The SMILES string of the molecule is CC1(C)[C@@H]2CCC1(C)[C@@H](CCc1ccccn1)C2. The Hall–Kier alpha value is -0.850. The van der Waals surface area contributed by atoms with Crippen LogP contribution in [0.15, 0.2) is 24.4 Å². The first-order chi connectivity index (χ1) is 8.54. The van der Waals surface area contributed by atoms with Crippen LogP contribution in [0.1, 0.15) is 52.1 Å². The van der Waals surface area contributed by atoms with Crippen LogP contribution < -0.4 is 0 Å². The maximum Gasteiger partial charge on any atom is 0.0403 e. The monoisotopic (exact) mass is 243 g/mol. The number of aromatic nitrogens is 1. The smallest absolute Gasteiger partial charge is 0.0403 e. The van der Waals surface area contributed by atoms with Gasteiger partial charge in [-0.15, -0.1) is 0 Å². The Labute approximate surface area is 111 Å². The molecule has 2 fully saturated rings. The molecule has 2 bridgehead atoms. The fraction of sp³-hybridized carbons (Fsp3) is 0.706. The molecular weight excluding hydrogens is 218 g/mol. The third kappa shape index (κ3) is 1.63. The van der Waals surface area contributed by atoms with Gasteiger partial charge in [0.05, 0.1) is 0 Å². The molecule has 2 aliphatic carbocycles. The van der Waals surface area contributed by atoms with Crippen molar-refractivity contribution >= 4 is 0 Å². The summed E-state index contributed by atoms with van der Waals surface area (Å²) in [5.41, 5.74) is 2.40. The van der Waals surface area contributed by atoms with E-state index < -0.39 is 0 Å². The molecule has 1 nitrogen and oxygen atoms in total. The van der Waals surface area contributed by atoms with Crippen LogP contribution >= 0.6 is 0 Å². The van der Waals surface area contributed by atoms with Gasteiger partial charge in [0.2, 0.25) is 0 Å². The summed E-state index contributed by atoms with van der Waals surface area (Å²) in [5.74, 6) is 1.88. The Morgan fingerprint density at radius 3 is 2.67 bits per heavy atom. The van der Waals surface area contributed by atoms with Gasteiger partial charge in [0.1, 0.15) is 0 Å². The van der Waals surface area contributed by atoms with Crippen LogP contribution in [-0.2, 0) is 6.42 Å². The van der Waals surface area contributed by atoms with Crippen molar-refractivity contribution in [1.29, 1.82) is 0 Å². The molecule has 0 radical (unpaired) electrons. The van der Waals surface area contributed by atoms with Crippen molar-refractivity contribution in [2.45, 2.75) is 52.9 Å². The van der Waals surface area contributed by atoms with Crippen LogP contribution in [0.25, 0.3) is 0 Å². The average molecular weight is 243 g/mol. The number of hydrogen-bond acceptors (Lipinski definition) is 1. The second kappa shape index (κ2) is 4.08. The van der Waals surface area contributed by atoms with E-state index in [2.05, 4.69) is 37.9 Å². The van der Waals surface area contributed by atoms with Gasteiger partial charge < -0.3 is 0 Å². The van der Waals surface area contributed by atoms with Gasteiger partial charge in [0.25, 0.3) is 0 Å². The molecule has 2 saturated carbocycles. The Morgan fingerprint density at radius 2 is 2.11 bits per heavy atom. The lowest BCUT2D eigenvalue weighted by Gasteiger charge is -2.39. The largest absolute Gasteiger partial charge is 0.261 e. The van der Waals surface area contributed by atoms with E-state index in [0.717, 1.165) is 18.3 Å². The summed E-state index contributed by atoms with van der Waals surface area (Å²) in [6, 6.07) is 6.28. The van der Waals surface area contributed by atoms with Gasteiger partial charge in [-0.25, -0.2) is 0 Å². The van der Waals surface area contributed by atoms with E-state index in [1.807, 2.05) is 12.3 Å². The first kappa shape index (κ1) is 12.2. The van der Waals surface area contributed by atoms with Gasteiger partial charge in [-0.3, -0.25) is 4.98 Å². The fourth-order valence-corrected chi connectivity index (χ4v) is 4.67. The van der Waals surface area contributed by atoms with E-state index in [1.165, 1.54) is 31.4 Å². The number of hydrogen-bond donors (Lipinski definition) is 0. The van der Waals surface area contributed by atoms with Crippen molar-refractivity contribution in [1.82, 2.24) is 4.98 Å². The Bertz CT molecular complexity index is 422. The van der Waals surface area contributed by atoms with Crippen molar-refractivity contribution in [3.63, 3.8) is 0 Å². The predicted octanol–water partition coefficient (Wildman–Crippen LogP) is 4.48. The van der Waals surface area contributed by atoms with Crippen molar-refractivity contribution in [2.24, 2.45) is 22.7 Å². The van der Waals surface area contributed by atoms with Crippen LogP contribution in [0.3, 0.4) is 0 Å². The van der Waals surface area contributed by atoms with E-state index in [-0.39, 0.29) is 0 Å². The van der Waals surface area contributed by atoms with Gasteiger partial charge in [0, 0.05) is 11.9 Å². The zero-order chi connectivity index (χ0) is 12.8. The highest BCUT2D eigenvalue weighted by molar-refractivity contribution is 5.11. The highest BCUT2D eigenvalue weighted by Crippen LogP contribution is 2.68. The summed E-state index contributed by atoms with van der Waals surface area (Å²) in [4.78, 5) is 4.46. The highest BCUT2D eigenvalue weighted by Gasteiger charge is 2.60. The molecule has 2 aliphatic rings. The Morgan fingerprint density at radius 1 is 1.28 bits per heavy atom. The zero-order valence-corrected chi connectivity index (χ0v) is 11.9. The Kier molecular flexibility index (Phi) is 2.76. The lowest BCUT2D eigenvalue weighted by Crippen LogP contribution is -2.32. The molecule has 1 heterocycles. The molecule has 1 aromatic rings. The lowest BCUT2D eigenvalue weighted by molar-refractivity contribution is 0.0978. The molecule has 1 unspecified atom stereocenters. The van der Waals surface area contributed by atoms with Gasteiger partial charge in [-0.1, -0.05) is 26.8 Å². The quantitative estimate of drug-likeness (QED) is 0.763.